The summed E-state index contributed by atoms with van der Waals surface area (Å²) in [6, 6.07) is 16.0. The Morgan fingerprint density at radius 2 is 1.91 bits per heavy atom. The van der Waals surface area contributed by atoms with E-state index in [2.05, 4.69) is 5.32 Å². The van der Waals surface area contributed by atoms with E-state index in [0.29, 0.717) is 31.0 Å². The number of hydrogen-bond acceptors (Lipinski definition) is 5. The average molecular weight is 454 g/mol. The van der Waals surface area contributed by atoms with Crippen LogP contribution in [0.25, 0.3) is 11.1 Å². The number of carbonyl (C=O) groups excluding carboxylic acids is 1. The zero-order chi connectivity index (χ0) is 22.9. The molecule has 3 aromatic rings. The normalized spacial score (nSPS) is 11.8. The van der Waals surface area contributed by atoms with E-state index in [1.807, 2.05) is 61.7 Å². The summed E-state index contributed by atoms with van der Waals surface area (Å²) in [6.45, 7) is 2.69. The Morgan fingerprint density at radius 1 is 1.09 bits per heavy atom. The maximum Gasteiger partial charge on any atom is 0.326 e. The van der Waals surface area contributed by atoms with Crippen molar-refractivity contribution in [3.05, 3.63) is 83.3 Å². The topological polar surface area (TPSA) is 88.8 Å². The van der Waals surface area contributed by atoms with Crippen molar-refractivity contribution in [2.24, 2.45) is 0 Å². The number of ether oxygens (including phenoxy) is 1. The Labute approximate surface area is 192 Å². The van der Waals surface area contributed by atoms with Crippen LogP contribution in [-0.2, 0) is 22.7 Å². The van der Waals surface area contributed by atoms with Gasteiger partial charge in [0, 0.05) is 5.56 Å². The van der Waals surface area contributed by atoms with Crippen molar-refractivity contribution >= 4 is 23.6 Å². The fraction of sp³-hybridized carbons (Fsp3) is 0.280. The summed E-state index contributed by atoms with van der Waals surface area (Å²) in [4.78, 5) is 24.7. The number of furan rings is 1. The molecule has 0 spiro atoms. The van der Waals surface area contributed by atoms with Gasteiger partial charge < -0.3 is 19.6 Å². The minimum atomic E-state index is -1.03. The van der Waals surface area contributed by atoms with Crippen molar-refractivity contribution in [3.63, 3.8) is 0 Å². The second kappa shape index (κ2) is 11.5. The fourth-order valence-electron chi connectivity index (χ4n) is 3.37. The summed E-state index contributed by atoms with van der Waals surface area (Å²) in [5.74, 6) is -0.0499. The molecule has 32 heavy (non-hydrogen) atoms. The van der Waals surface area contributed by atoms with Crippen molar-refractivity contribution < 1.29 is 23.8 Å². The van der Waals surface area contributed by atoms with E-state index in [4.69, 9.17) is 9.15 Å². The lowest BCUT2D eigenvalue weighted by Crippen LogP contribution is -2.41. The molecule has 1 amide bonds. The Morgan fingerprint density at radius 3 is 2.59 bits per heavy atom. The summed E-state index contributed by atoms with van der Waals surface area (Å²) in [5.41, 5.74) is 4.02. The van der Waals surface area contributed by atoms with Gasteiger partial charge in [0.2, 0.25) is 0 Å². The van der Waals surface area contributed by atoms with E-state index < -0.39 is 17.9 Å². The summed E-state index contributed by atoms with van der Waals surface area (Å²) < 4.78 is 11.0. The number of hydrogen-bond donors (Lipinski definition) is 2. The molecule has 3 rings (SSSR count). The Hall–Kier alpha value is -3.03. The van der Waals surface area contributed by atoms with Gasteiger partial charge in [-0.3, -0.25) is 4.79 Å². The highest BCUT2D eigenvalue weighted by Crippen LogP contribution is 2.28. The van der Waals surface area contributed by atoms with Crippen LogP contribution in [0.5, 0.6) is 0 Å². The highest BCUT2D eigenvalue weighted by Gasteiger charge is 2.22. The van der Waals surface area contributed by atoms with Crippen LogP contribution in [0.1, 0.15) is 33.7 Å². The Bertz CT molecular complexity index is 1050. The molecule has 0 bridgehead atoms. The molecule has 1 aromatic heterocycles. The number of rotatable bonds is 11. The predicted octanol–water partition coefficient (Wildman–Crippen LogP) is 4.91. The largest absolute Gasteiger partial charge is 0.480 e. The molecule has 0 aliphatic heterocycles. The standard InChI is InChI=1S/C25H27NO5S/c1-17-6-3-4-8-20(17)22-14-18(15-30-16-19-7-5-12-31-19)9-10-21(22)24(27)26-23(25(28)29)11-13-32-2/h3-10,12,14,23H,11,13,15-16H2,1-2H3,(H,26,27)(H,28,29). The number of carboxylic acid groups (broad SMARTS) is 1. The SMILES string of the molecule is CSCCC(NC(=O)c1ccc(COCc2ccco2)cc1-c1ccccc1C)C(=O)O. The van der Waals surface area contributed by atoms with E-state index in [1.54, 1.807) is 24.1 Å². The van der Waals surface area contributed by atoms with Crippen LogP contribution < -0.4 is 5.32 Å². The average Bonchev–Trinajstić information content (AvgIpc) is 3.30. The van der Waals surface area contributed by atoms with E-state index in [1.165, 1.54) is 0 Å². The molecule has 0 saturated carbocycles. The predicted molar refractivity (Wildman–Crippen MR) is 126 cm³/mol. The molecule has 6 nitrogen and oxygen atoms in total. The second-order valence-corrected chi connectivity index (χ2v) is 8.40. The first-order chi connectivity index (χ1) is 15.5. The number of carboxylic acids is 1. The van der Waals surface area contributed by atoms with Gasteiger partial charge in [0.1, 0.15) is 18.4 Å². The van der Waals surface area contributed by atoms with Crippen molar-refractivity contribution in [2.45, 2.75) is 32.6 Å². The molecule has 0 fully saturated rings. The minimum Gasteiger partial charge on any atom is -0.480 e. The molecule has 0 radical (unpaired) electrons. The smallest absolute Gasteiger partial charge is 0.326 e. The highest BCUT2D eigenvalue weighted by atomic mass is 32.2. The number of aryl methyl sites for hydroxylation is 1. The third-order valence-electron chi connectivity index (χ3n) is 5.07. The fourth-order valence-corrected chi connectivity index (χ4v) is 3.84. The number of benzene rings is 2. The second-order valence-electron chi connectivity index (χ2n) is 7.41. The van der Waals surface area contributed by atoms with Gasteiger partial charge in [-0.2, -0.15) is 11.8 Å². The van der Waals surface area contributed by atoms with Gasteiger partial charge in [0.05, 0.1) is 12.9 Å². The third kappa shape index (κ3) is 6.24. The minimum absolute atomic E-state index is 0.352. The zero-order valence-corrected chi connectivity index (χ0v) is 19.0. The van der Waals surface area contributed by atoms with Gasteiger partial charge in [0.25, 0.3) is 5.91 Å². The van der Waals surface area contributed by atoms with Crippen LogP contribution in [-0.4, -0.2) is 35.0 Å². The zero-order valence-electron chi connectivity index (χ0n) is 18.2. The number of aliphatic carboxylic acids is 1. The highest BCUT2D eigenvalue weighted by molar-refractivity contribution is 7.98. The van der Waals surface area contributed by atoms with Crippen molar-refractivity contribution in [2.75, 3.05) is 12.0 Å². The van der Waals surface area contributed by atoms with E-state index in [-0.39, 0.29) is 0 Å². The molecule has 1 heterocycles. The maximum absolute atomic E-state index is 13.1. The van der Waals surface area contributed by atoms with Gasteiger partial charge >= 0.3 is 5.97 Å². The summed E-state index contributed by atoms with van der Waals surface area (Å²) in [5, 5.41) is 12.2. The van der Waals surface area contributed by atoms with Gasteiger partial charge in [0.15, 0.2) is 0 Å². The third-order valence-corrected chi connectivity index (χ3v) is 5.72. The molecule has 2 N–H and O–H groups in total. The molecule has 7 heteroatoms. The molecular formula is C25H27NO5S. The van der Waals surface area contributed by atoms with Crippen molar-refractivity contribution in [1.82, 2.24) is 5.32 Å². The molecule has 0 aliphatic carbocycles. The maximum atomic E-state index is 13.1. The van der Waals surface area contributed by atoms with Crippen LogP contribution >= 0.6 is 11.8 Å². The quantitative estimate of drug-likeness (QED) is 0.429. The van der Waals surface area contributed by atoms with Gasteiger partial charge in [-0.15, -0.1) is 0 Å². The Balaban J connectivity index is 1.86. The number of amides is 1. The number of carbonyl (C=O) groups is 2. The molecule has 2 aromatic carbocycles. The summed E-state index contributed by atoms with van der Waals surface area (Å²) >= 11 is 1.55. The monoisotopic (exact) mass is 453 g/mol. The molecule has 1 unspecified atom stereocenters. The van der Waals surface area contributed by atoms with E-state index in [0.717, 1.165) is 28.0 Å². The molecule has 1 atom stereocenters. The Kier molecular flexibility index (Phi) is 8.53. The van der Waals surface area contributed by atoms with Crippen molar-refractivity contribution in [3.8, 4) is 11.1 Å². The molecular weight excluding hydrogens is 426 g/mol. The lowest BCUT2D eigenvalue weighted by molar-refractivity contribution is -0.139. The van der Waals surface area contributed by atoms with E-state index in [9.17, 15) is 14.7 Å². The van der Waals surface area contributed by atoms with Gasteiger partial charge in [-0.05, 0) is 71.9 Å². The van der Waals surface area contributed by atoms with Crippen LogP contribution in [0.3, 0.4) is 0 Å². The molecule has 0 aliphatic rings. The number of thioether (sulfide) groups is 1. The molecule has 168 valence electrons. The van der Waals surface area contributed by atoms with Gasteiger partial charge in [-0.25, -0.2) is 4.79 Å². The number of nitrogens with one attached hydrogen (secondary N) is 1. The van der Waals surface area contributed by atoms with Crippen LogP contribution in [0.2, 0.25) is 0 Å². The first-order valence-corrected chi connectivity index (χ1v) is 11.7. The molecule has 0 saturated heterocycles. The summed E-state index contributed by atoms with van der Waals surface area (Å²) in [7, 11) is 0. The lowest BCUT2D eigenvalue weighted by Gasteiger charge is -2.17. The lowest BCUT2D eigenvalue weighted by atomic mass is 9.93. The summed E-state index contributed by atoms with van der Waals surface area (Å²) in [6.07, 6.45) is 3.87. The van der Waals surface area contributed by atoms with Crippen molar-refractivity contribution in [1.29, 1.82) is 0 Å². The van der Waals surface area contributed by atoms with Crippen LogP contribution in [0.15, 0.2) is 65.3 Å². The van der Waals surface area contributed by atoms with E-state index >= 15 is 0 Å². The van der Waals surface area contributed by atoms with Gasteiger partial charge in [-0.1, -0.05) is 30.3 Å². The first kappa shape index (κ1) is 23.6. The van der Waals surface area contributed by atoms with Crippen LogP contribution in [0.4, 0.5) is 0 Å². The van der Waals surface area contributed by atoms with Crippen LogP contribution in [0, 0.1) is 6.92 Å². The first-order valence-electron chi connectivity index (χ1n) is 10.3.